The van der Waals surface area contributed by atoms with Crippen LogP contribution in [0, 0.1) is 6.92 Å². The molecule has 2 aliphatic carbocycles. The topological polar surface area (TPSA) is 91.5 Å². The number of pyridine rings is 1. The molecule has 2 aliphatic rings. The molecule has 1 heterocycles. The van der Waals surface area contributed by atoms with Crippen molar-refractivity contribution in [3.8, 4) is 0 Å². The number of methoxy groups -OCH3 is 1. The average Bonchev–Trinajstić information content (AvgIpc) is 3.12. The molecule has 2 saturated carbocycles. The third kappa shape index (κ3) is 5.95. The Hall–Kier alpha value is -2.21. The van der Waals surface area contributed by atoms with Gasteiger partial charge < -0.3 is 15.2 Å². The second kappa shape index (κ2) is 9.48. The van der Waals surface area contributed by atoms with Crippen LogP contribution < -0.4 is 5.73 Å². The lowest BCUT2D eigenvalue weighted by Gasteiger charge is -2.35. The van der Waals surface area contributed by atoms with Gasteiger partial charge in [-0.3, -0.25) is 9.78 Å². The molecular weight excluding hydrogens is 332 g/mol. The van der Waals surface area contributed by atoms with E-state index < -0.39 is 5.54 Å². The van der Waals surface area contributed by atoms with Gasteiger partial charge in [0.25, 0.3) is 0 Å². The van der Waals surface area contributed by atoms with E-state index in [2.05, 4.69) is 9.72 Å². The third-order valence-electron chi connectivity index (χ3n) is 4.78. The maximum Gasteiger partial charge on any atom is 0.330 e. The van der Waals surface area contributed by atoms with Gasteiger partial charge >= 0.3 is 11.9 Å². The highest BCUT2D eigenvalue weighted by molar-refractivity contribution is 5.86. The van der Waals surface area contributed by atoms with E-state index in [4.69, 9.17) is 10.5 Å². The highest BCUT2D eigenvalue weighted by Crippen LogP contribution is 2.32. The summed E-state index contributed by atoms with van der Waals surface area (Å²) < 4.78 is 9.80. The van der Waals surface area contributed by atoms with Crippen molar-refractivity contribution in [1.82, 2.24) is 4.98 Å². The number of nitrogens with zero attached hydrogens (tertiary/aromatic N) is 1. The number of carbonyl (C=O) groups excluding carboxylic acids is 2. The molecule has 2 fully saturated rings. The molecule has 0 spiro atoms. The van der Waals surface area contributed by atoms with Crippen LogP contribution in [0.5, 0.6) is 0 Å². The van der Waals surface area contributed by atoms with E-state index in [1.54, 1.807) is 12.3 Å². The summed E-state index contributed by atoms with van der Waals surface area (Å²) in [4.78, 5) is 26.4. The van der Waals surface area contributed by atoms with Crippen LogP contribution in [0.3, 0.4) is 0 Å². The van der Waals surface area contributed by atoms with E-state index in [-0.39, 0.29) is 18.0 Å². The van der Waals surface area contributed by atoms with Crippen molar-refractivity contribution in [2.24, 2.45) is 5.73 Å². The van der Waals surface area contributed by atoms with Crippen molar-refractivity contribution < 1.29 is 19.1 Å². The van der Waals surface area contributed by atoms with E-state index in [1.807, 2.05) is 19.1 Å². The predicted molar refractivity (Wildman–Crippen MR) is 99.1 cm³/mol. The van der Waals surface area contributed by atoms with Gasteiger partial charge in [-0.25, -0.2) is 4.79 Å². The fourth-order valence-corrected chi connectivity index (χ4v) is 2.85. The molecule has 2 N–H and O–H groups in total. The van der Waals surface area contributed by atoms with Crippen molar-refractivity contribution in [1.29, 1.82) is 0 Å². The molecule has 0 radical (unpaired) electrons. The van der Waals surface area contributed by atoms with Gasteiger partial charge in [0.2, 0.25) is 0 Å². The van der Waals surface area contributed by atoms with Gasteiger partial charge in [0.15, 0.2) is 0 Å². The number of rotatable bonds is 4. The van der Waals surface area contributed by atoms with Crippen molar-refractivity contribution >= 4 is 18.0 Å². The van der Waals surface area contributed by atoms with E-state index in [0.29, 0.717) is 0 Å². The van der Waals surface area contributed by atoms with Crippen LogP contribution in [-0.2, 0) is 19.1 Å². The number of ether oxygens (including phenoxy) is 2. The molecule has 0 bridgehead atoms. The molecule has 0 aromatic carbocycles. The quantitative estimate of drug-likeness (QED) is 0.656. The monoisotopic (exact) mass is 360 g/mol. The summed E-state index contributed by atoms with van der Waals surface area (Å²) in [6, 6.07) is 3.78. The smallest absolute Gasteiger partial charge is 0.330 e. The molecule has 1 aromatic rings. The first kappa shape index (κ1) is 20.1. The molecular formula is C20H28N2O4. The number of nitrogens with two attached hydrogens (primary N) is 1. The Labute approximate surface area is 154 Å². The molecule has 0 aliphatic heterocycles. The van der Waals surface area contributed by atoms with Gasteiger partial charge in [0, 0.05) is 18.0 Å². The summed E-state index contributed by atoms with van der Waals surface area (Å²) in [5, 5.41) is 0. The third-order valence-corrected chi connectivity index (χ3v) is 4.78. The van der Waals surface area contributed by atoms with Gasteiger partial charge in [-0.1, -0.05) is 6.07 Å². The summed E-state index contributed by atoms with van der Waals surface area (Å²) in [5.41, 5.74) is 7.07. The molecule has 0 atom stereocenters. The molecule has 142 valence electrons. The molecule has 26 heavy (non-hydrogen) atoms. The minimum atomic E-state index is -0.622. The van der Waals surface area contributed by atoms with Crippen molar-refractivity contribution in [3.05, 3.63) is 35.7 Å². The maximum atomic E-state index is 11.6. The van der Waals surface area contributed by atoms with E-state index in [1.165, 1.54) is 26.0 Å². The number of hydrogen-bond donors (Lipinski definition) is 1. The maximum absolute atomic E-state index is 11.6. The van der Waals surface area contributed by atoms with Crippen LogP contribution in [0.25, 0.3) is 6.08 Å². The lowest BCUT2D eigenvalue weighted by Crippen LogP contribution is -2.55. The average molecular weight is 360 g/mol. The summed E-state index contributed by atoms with van der Waals surface area (Å²) in [6.07, 6.45) is 12.0. The minimum Gasteiger partial charge on any atom is -0.466 e. The number of carbonyl (C=O) groups is 2. The summed E-state index contributed by atoms with van der Waals surface area (Å²) >= 11 is 0. The van der Waals surface area contributed by atoms with Crippen LogP contribution >= 0.6 is 0 Å². The zero-order valence-corrected chi connectivity index (χ0v) is 15.6. The van der Waals surface area contributed by atoms with Gasteiger partial charge in [0.1, 0.15) is 11.6 Å². The Balaban J connectivity index is 0.000000187. The fraction of sp³-hybridized carbons (Fsp3) is 0.550. The second-order valence-electron chi connectivity index (χ2n) is 6.91. The molecule has 6 nitrogen and oxygen atoms in total. The number of aromatic nitrogens is 1. The number of hydrogen-bond acceptors (Lipinski definition) is 6. The highest BCUT2D eigenvalue weighted by atomic mass is 16.5. The SMILES string of the molecule is COC(=O)/C=C/c1ccc(C)nc1.NC1(C(=O)OC2CCCC2)CCC1. The first-order valence-corrected chi connectivity index (χ1v) is 9.11. The van der Waals surface area contributed by atoms with Crippen LogP contribution in [0.1, 0.15) is 56.2 Å². The molecule has 6 heteroatoms. The largest absolute Gasteiger partial charge is 0.466 e. The summed E-state index contributed by atoms with van der Waals surface area (Å²) in [5.74, 6) is -0.522. The van der Waals surface area contributed by atoms with Gasteiger partial charge in [0.05, 0.1) is 7.11 Å². The Kier molecular flexibility index (Phi) is 7.33. The van der Waals surface area contributed by atoms with Crippen molar-refractivity contribution in [2.45, 2.75) is 63.5 Å². The minimum absolute atomic E-state index is 0.161. The van der Waals surface area contributed by atoms with E-state index in [0.717, 1.165) is 43.4 Å². The molecule has 0 unspecified atom stereocenters. The van der Waals surface area contributed by atoms with E-state index >= 15 is 0 Å². The van der Waals surface area contributed by atoms with Crippen molar-refractivity contribution in [2.75, 3.05) is 7.11 Å². The fourth-order valence-electron chi connectivity index (χ4n) is 2.85. The molecule has 1 aromatic heterocycles. The zero-order valence-electron chi connectivity index (χ0n) is 15.6. The highest BCUT2D eigenvalue weighted by Gasteiger charge is 2.42. The Morgan fingerprint density at radius 2 is 1.92 bits per heavy atom. The summed E-state index contributed by atoms with van der Waals surface area (Å²) in [7, 11) is 1.35. The molecule has 3 rings (SSSR count). The Bertz CT molecular complexity index is 630. The van der Waals surface area contributed by atoms with Crippen LogP contribution in [0.2, 0.25) is 0 Å². The van der Waals surface area contributed by atoms with Crippen LogP contribution in [0.4, 0.5) is 0 Å². The van der Waals surface area contributed by atoms with Crippen molar-refractivity contribution in [3.63, 3.8) is 0 Å². The lowest BCUT2D eigenvalue weighted by atomic mass is 9.78. The second-order valence-corrected chi connectivity index (χ2v) is 6.91. The van der Waals surface area contributed by atoms with E-state index in [9.17, 15) is 9.59 Å². The van der Waals surface area contributed by atoms with Gasteiger partial charge in [-0.15, -0.1) is 0 Å². The summed E-state index contributed by atoms with van der Waals surface area (Å²) in [6.45, 7) is 1.91. The van der Waals surface area contributed by atoms with Crippen LogP contribution in [0.15, 0.2) is 24.4 Å². The lowest BCUT2D eigenvalue weighted by molar-refractivity contribution is -0.158. The van der Waals surface area contributed by atoms with Gasteiger partial charge in [-0.05, 0) is 69.6 Å². The standard InChI is InChI=1S/C10H17NO2.C10H11NO2/c11-10(6-3-7-10)9(12)13-8-4-1-2-5-8;1-8-3-4-9(7-11-8)5-6-10(12)13-2/h8H,1-7,11H2;3-7H,1-2H3/b;6-5+. The Morgan fingerprint density at radius 1 is 1.23 bits per heavy atom. The Morgan fingerprint density at radius 3 is 2.42 bits per heavy atom. The van der Waals surface area contributed by atoms with Gasteiger partial charge in [-0.2, -0.15) is 0 Å². The molecule has 0 amide bonds. The normalized spacial score (nSPS) is 18.6. The molecule has 0 saturated heterocycles. The first-order chi connectivity index (χ1) is 12.4. The number of esters is 2. The number of aryl methyl sites for hydroxylation is 1. The first-order valence-electron chi connectivity index (χ1n) is 9.11. The zero-order chi connectivity index (χ0) is 19.0. The predicted octanol–water partition coefficient (Wildman–Crippen LogP) is 2.93. The van der Waals surface area contributed by atoms with Crippen LogP contribution in [-0.4, -0.2) is 35.7 Å².